The number of hydrogen-bond donors (Lipinski definition) is 0. The molecular formula is C6H2Cl2N2O2. The molecule has 0 saturated carbocycles. The van der Waals surface area contributed by atoms with E-state index in [1.165, 1.54) is 12.1 Å². The van der Waals surface area contributed by atoms with Gasteiger partial charge in [-0.3, -0.25) is 0 Å². The fraction of sp³-hybridized carbons (Fsp3) is 0. The monoisotopic (exact) mass is 204 g/mol. The van der Waals surface area contributed by atoms with Crippen molar-refractivity contribution in [2.24, 2.45) is 10.4 Å². The second kappa shape index (κ2) is 3.60. The summed E-state index contributed by atoms with van der Waals surface area (Å²) < 4.78 is 0. The van der Waals surface area contributed by atoms with Crippen molar-refractivity contribution in [3.05, 3.63) is 32.0 Å². The third kappa shape index (κ3) is 1.44. The summed E-state index contributed by atoms with van der Waals surface area (Å²) >= 11 is 11.1. The fourth-order valence-corrected chi connectivity index (χ4v) is 1.04. The van der Waals surface area contributed by atoms with Crippen LogP contribution < -0.4 is 0 Å². The number of rotatable bonds is 2. The van der Waals surface area contributed by atoms with E-state index in [-0.39, 0.29) is 21.4 Å². The van der Waals surface area contributed by atoms with Crippen LogP contribution in [0.25, 0.3) is 0 Å². The van der Waals surface area contributed by atoms with Gasteiger partial charge in [0.1, 0.15) is 5.69 Å². The Balaban J connectivity index is 3.45. The first-order chi connectivity index (χ1) is 5.70. The molecule has 0 fully saturated rings. The lowest BCUT2D eigenvalue weighted by atomic mass is 10.3. The van der Waals surface area contributed by atoms with Crippen molar-refractivity contribution in [2.45, 2.75) is 0 Å². The Kier molecular flexibility index (Phi) is 2.73. The van der Waals surface area contributed by atoms with Crippen LogP contribution in [0.4, 0.5) is 11.4 Å². The highest BCUT2D eigenvalue weighted by molar-refractivity contribution is 6.44. The molecule has 6 heteroatoms. The van der Waals surface area contributed by atoms with Gasteiger partial charge >= 0.3 is 0 Å². The maximum atomic E-state index is 10.2. The molecule has 4 nitrogen and oxygen atoms in total. The van der Waals surface area contributed by atoms with Crippen LogP contribution in [0, 0.1) is 9.81 Å². The van der Waals surface area contributed by atoms with Gasteiger partial charge in [0, 0.05) is 0 Å². The van der Waals surface area contributed by atoms with Gasteiger partial charge in [-0.05, 0) is 22.5 Å². The Morgan fingerprint density at radius 2 is 1.75 bits per heavy atom. The summed E-state index contributed by atoms with van der Waals surface area (Å²) in [5, 5.41) is 5.21. The molecule has 0 aliphatic rings. The van der Waals surface area contributed by atoms with Crippen LogP contribution in [-0.4, -0.2) is 0 Å². The Hall–Kier alpha value is -1.00. The molecule has 0 radical (unpaired) electrons. The number of hydrogen-bond acceptors (Lipinski definition) is 4. The van der Waals surface area contributed by atoms with E-state index in [9.17, 15) is 9.81 Å². The van der Waals surface area contributed by atoms with Gasteiger partial charge < -0.3 is 0 Å². The average molecular weight is 205 g/mol. The van der Waals surface area contributed by atoms with Gasteiger partial charge in [-0.15, -0.1) is 9.81 Å². The molecule has 0 aliphatic carbocycles. The molecule has 0 unspecified atom stereocenters. The Labute approximate surface area is 77.4 Å². The van der Waals surface area contributed by atoms with Gasteiger partial charge in [-0.1, -0.05) is 23.2 Å². The number of benzene rings is 1. The zero-order valence-electron chi connectivity index (χ0n) is 5.62. The van der Waals surface area contributed by atoms with Gasteiger partial charge in [-0.25, -0.2) is 0 Å². The molecule has 1 aromatic carbocycles. The number of nitrogens with zero attached hydrogens (tertiary/aromatic N) is 2. The lowest BCUT2D eigenvalue weighted by Crippen LogP contribution is -1.71. The third-order valence-electron chi connectivity index (χ3n) is 1.24. The van der Waals surface area contributed by atoms with Gasteiger partial charge in [0.25, 0.3) is 0 Å². The minimum atomic E-state index is -0.223. The van der Waals surface area contributed by atoms with Crippen molar-refractivity contribution in [2.75, 3.05) is 0 Å². The zero-order chi connectivity index (χ0) is 9.14. The molecule has 12 heavy (non-hydrogen) atoms. The molecule has 0 atom stereocenters. The third-order valence-corrected chi connectivity index (χ3v) is 2.03. The maximum Gasteiger partial charge on any atom is 0.157 e. The smallest absolute Gasteiger partial charge is 0.145 e. The van der Waals surface area contributed by atoms with E-state index >= 15 is 0 Å². The second-order valence-electron chi connectivity index (χ2n) is 1.91. The quantitative estimate of drug-likeness (QED) is 0.689. The number of halogens is 2. The van der Waals surface area contributed by atoms with Crippen LogP contribution in [0.5, 0.6) is 0 Å². The molecule has 0 spiro atoms. The summed E-state index contributed by atoms with van der Waals surface area (Å²) in [4.78, 5) is 20.3. The molecular weight excluding hydrogens is 203 g/mol. The van der Waals surface area contributed by atoms with Crippen LogP contribution in [0.1, 0.15) is 0 Å². The van der Waals surface area contributed by atoms with Crippen molar-refractivity contribution >= 4 is 34.6 Å². The van der Waals surface area contributed by atoms with E-state index in [2.05, 4.69) is 10.4 Å². The minimum absolute atomic E-state index is 0.0521. The molecule has 0 bridgehead atoms. The largest absolute Gasteiger partial charge is 0.157 e. The SMILES string of the molecule is O=Nc1ccc(Cl)c(Cl)c1N=O. The maximum absolute atomic E-state index is 10.2. The van der Waals surface area contributed by atoms with Crippen LogP contribution >= 0.6 is 23.2 Å². The average Bonchev–Trinajstić information content (AvgIpc) is 2.09. The molecule has 62 valence electrons. The molecule has 0 aromatic heterocycles. The topological polar surface area (TPSA) is 58.9 Å². The molecule has 0 N–H and O–H groups in total. The lowest BCUT2D eigenvalue weighted by molar-refractivity contribution is 1.42. The lowest BCUT2D eigenvalue weighted by Gasteiger charge is -1.98. The first kappa shape index (κ1) is 9.09. The predicted octanol–water partition coefficient (Wildman–Crippen LogP) is 3.79. The summed E-state index contributed by atoms with van der Waals surface area (Å²) in [6.07, 6.45) is 0. The minimum Gasteiger partial charge on any atom is -0.145 e. The van der Waals surface area contributed by atoms with Crippen LogP contribution in [0.3, 0.4) is 0 Å². The summed E-state index contributed by atoms with van der Waals surface area (Å²) in [5.74, 6) is 0. The van der Waals surface area contributed by atoms with E-state index in [1.54, 1.807) is 0 Å². The first-order valence-corrected chi connectivity index (χ1v) is 3.61. The highest BCUT2D eigenvalue weighted by Crippen LogP contribution is 2.39. The standard InChI is InChI=1S/C6H2Cl2N2O2/c7-3-1-2-4(9-11)6(10-12)5(3)8/h1-2H. The summed E-state index contributed by atoms with van der Waals surface area (Å²) in [5.41, 5.74) is -0.335. The van der Waals surface area contributed by atoms with Crippen LogP contribution in [0.2, 0.25) is 10.0 Å². The summed E-state index contributed by atoms with van der Waals surface area (Å²) in [6.45, 7) is 0. The van der Waals surface area contributed by atoms with Gasteiger partial charge in [0.05, 0.1) is 10.0 Å². The van der Waals surface area contributed by atoms with E-state index in [0.29, 0.717) is 0 Å². The van der Waals surface area contributed by atoms with Gasteiger partial charge in [0.15, 0.2) is 5.69 Å². The Bertz CT molecular complexity index is 341. The van der Waals surface area contributed by atoms with Crippen LogP contribution in [0.15, 0.2) is 22.5 Å². The van der Waals surface area contributed by atoms with Gasteiger partial charge in [0.2, 0.25) is 0 Å². The van der Waals surface area contributed by atoms with Crippen molar-refractivity contribution in [3.63, 3.8) is 0 Å². The molecule has 0 saturated heterocycles. The normalized spacial score (nSPS) is 9.50. The second-order valence-corrected chi connectivity index (χ2v) is 2.70. The predicted molar refractivity (Wildman–Crippen MR) is 47.4 cm³/mol. The Morgan fingerprint density at radius 3 is 2.25 bits per heavy atom. The van der Waals surface area contributed by atoms with Crippen molar-refractivity contribution < 1.29 is 0 Å². The molecule has 0 heterocycles. The zero-order valence-corrected chi connectivity index (χ0v) is 7.13. The molecule has 1 rings (SSSR count). The molecule has 1 aromatic rings. The summed E-state index contributed by atoms with van der Waals surface area (Å²) in [6, 6.07) is 2.65. The van der Waals surface area contributed by atoms with Crippen molar-refractivity contribution in [1.82, 2.24) is 0 Å². The van der Waals surface area contributed by atoms with E-state index in [1.807, 2.05) is 0 Å². The highest BCUT2D eigenvalue weighted by Gasteiger charge is 2.11. The molecule has 0 amide bonds. The summed E-state index contributed by atoms with van der Waals surface area (Å²) in [7, 11) is 0. The fourth-order valence-electron chi connectivity index (χ4n) is 0.690. The van der Waals surface area contributed by atoms with E-state index in [0.717, 1.165) is 0 Å². The number of nitroso groups, excluding NO2 is 2. The Morgan fingerprint density at radius 1 is 1.08 bits per heavy atom. The molecule has 0 aliphatic heterocycles. The van der Waals surface area contributed by atoms with E-state index < -0.39 is 0 Å². The first-order valence-electron chi connectivity index (χ1n) is 2.85. The van der Waals surface area contributed by atoms with Crippen molar-refractivity contribution in [1.29, 1.82) is 0 Å². The van der Waals surface area contributed by atoms with E-state index in [4.69, 9.17) is 23.2 Å². The van der Waals surface area contributed by atoms with Crippen LogP contribution in [-0.2, 0) is 0 Å². The highest BCUT2D eigenvalue weighted by atomic mass is 35.5. The van der Waals surface area contributed by atoms with Gasteiger partial charge in [-0.2, -0.15) is 0 Å². The van der Waals surface area contributed by atoms with Crippen molar-refractivity contribution in [3.8, 4) is 0 Å².